The van der Waals surface area contributed by atoms with Gasteiger partial charge in [0, 0.05) is 19.8 Å². The maximum atomic E-state index is 12.7. The molecule has 1 atom stereocenters. The Labute approximate surface area is 173 Å². The molecule has 0 aromatic heterocycles. The minimum atomic E-state index is -4.48. The number of nitrogens with one attached hydrogen (secondary N) is 1. The summed E-state index contributed by atoms with van der Waals surface area (Å²) in [6, 6.07) is 12.9. The van der Waals surface area contributed by atoms with Crippen LogP contribution in [0.4, 0.5) is 13.2 Å². The molecule has 1 fully saturated rings. The Hall–Kier alpha value is -1.94. The molecule has 1 heterocycles. The van der Waals surface area contributed by atoms with Gasteiger partial charge < -0.3 is 9.84 Å². The number of aliphatic hydroxyl groups is 1. The van der Waals surface area contributed by atoms with Crippen molar-refractivity contribution in [2.24, 2.45) is 5.92 Å². The van der Waals surface area contributed by atoms with Crippen LogP contribution in [0.3, 0.4) is 0 Å². The number of hydrogen-bond acceptors (Lipinski definition) is 4. The zero-order chi connectivity index (χ0) is 21.8. The highest BCUT2D eigenvalue weighted by Crippen LogP contribution is 2.36. The first kappa shape index (κ1) is 22.7. The maximum Gasteiger partial charge on any atom is 0.416 e. The molecule has 2 aromatic rings. The molecule has 0 radical (unpaired) electrons. The Bertz CT molecular complexity index is 927. The highest BCUT2D eigenvalue weighted by Gasteiger charge is 2.40. The van der Waals surface area contributed by atoms with Crippen LogP contribution in [-0.2, 0) is 32.3 Å². The molecule has 164 valence electrons. The van der Waals surface area contributed by atoms with Crippen LogP contribution < -0.4 is 4.72 Å². The van der Waals surface area contributed by atoms with E-state index in [1.165, 1.54) is 0 Å². The van der Waals surface area contributed by atoms with E-state index in [-0.39, 0.29) is 18.0 Å². The molecular weight excluding hydrogens is 419 g/mol. The van der Waals surface area contributed by atoms with Crippen molar-refractivity contribution in [3.63, 3.8) is 0 Å². The lowest BCUT2D eigenvalue weighted by molar-refractivity contribution is -0.137. The normalized spacial score (nSPS) is 18.1. The van der Waals surface area contributed by atoms with Gasteiger partial charge in [0.1, 0.15) is 5.60 Å². The van der Waals surface area contributed by atoms with Crippen molar-refractivity contribution >= 4 is 10.0 Å². The van der Waals surface area contributed by atoms with E-state index in [1.807, 2.05) is 6.07 Å². The maximum absolute atomic E-state index is 12.7. The fourth-order valence-corrected chi connectivity index (χ4v) is 4.84. The van der Waals surface area contributed by atoms with Crippen LogP contribution in [0.15, 0.2) is 54.6 Å². The van der Waals surface area contributed by atoms with Gasteiger partial charge in [0.2, 0.25) is 10.0 Å². The Morgan fingerprint density at radius 2 is 1.57 bits per heavy atom. The van der Waals surface area contributed by atoms with Crippen molar-refractivity contribution < 1.29 is 31.4 Å². The first-order valence-electron chi connectivity index (χ1n) is 9.59. The zero-order valence-electron chi connectivity index (χ0n) is 16.2. The number of rotatable bonds is 7. The van der Waals surface area contributed by atoms with E-state index in [0.29, 0.717) is 31.6 Å². The van der Waals surface area contributed by atoms with Crippen LogP contribution in [0.25, 0.3) is 0 Å². The molecule has 1 unspecified atom stereocenters. The molecule has 30 heavy (non-hydrogen) atoms. The summed E-state index contributed by atoms with van der Waals surface area (Å²) < 4.78 is 71.0. The Morgan fingerprint density at radius 1 is 0.967 bits per heavy atom. The molecule has 0 spiro atoms. The van der Waals surface area contributed by atoms with E-state index in [2.05, 4.69) is 4.72 Å². The quantitative estimate of drug-likeness (QED) is 0.688. The monoisotopic (exact) mass is 443 g/mol. The van der Waals surface area contributed by atoms with Crippen molar-refractivity contribution in [1.82, 2.24) is 4.72 Å². The summed E-state index contributed by atoms with van der Waals surface area (Å²) in [7, 11) is -3.89. The molecule has 0 amide bonds. The third-order valence-electron chi connectivity index (χ3n) is 5.37. The van der Waals surface area contributed by atoms with Crippen LogP contribution >= 0.6 is 0 Å². The lowest BCUT2D eigenvalue weighted by atomic mass is 9.77. The van der Waals surface area contributed by atoms with Crippen molar-refractivity contribution in [2.75, 3.05) is 19.8 Å². The second kappa shape index (κ2) is 9.05. The predicted octanol–water partition coefficient (Wildman–Crippen LogP) is 3.44. The third-order valence-corrected chi connectivity index (χ3v) is 6.67. The number of ether oxygens (including phenoxy) is 1. The highest BCUT2D eigenvalue weighted by molar-refractivity contribution is 7.88. The van der Waals surface area contributed by atoms with E-state index in [1.54, 1.807) is 24.3 Å². The average molecular weight is 443 g/mol. The summed E-state index contributed by atoms with van der Waals surface area (Å²) in [4.78, 5) is 0. The van der Waals surface area contributed by atoms with Gasteiger partial charge >= 0.3 is 6.18 Å². The molecule has 9 heteroatoms. The van der Waals surface area contributed by atoms with Gasteiger partial charge in [-0.15, -0.1) is 0 Å². The number of hydrogen-bond donors (Lipinski definition) is 2. The number of sulfonamides is 1. The van der Waals surface area contributed by atoms with Crippen molar-refractivity contribution in [3.05, 3.63) is 71.3 Å². The molecule has 0 aliphatic carbocycles. The fraction of sp³-hybridized carbons (Fsp3) is 0.429. The first-order chi connectivity index (χ1) is 14.1. The predicted molar refractivity (Wildman–Crippen MR) is 106 cm³/mol. The van der Waals surface area contributed by atoms with Gasteiger partial charge in [-0.1, -0.05) is 42.5 Å². The van der Waals surface area contributed by atoms with Gasteiger partial charge in [0.05, 0.1) is 11.3 Å². The summed E-state index contributed by atoms with van der Waals surface area (Å²) >= 11 is 0. The highest BCUT2D eigenvalue weighted by atomic mass is 32.2. The Kier molecular flexibility index (Phi) is 6.86. The SMILES string of the molecule is O=S(=O)(Cc1ccc(C(F)(F)F)cc1)NCC(O)(c1ccccc1)C1CCOCC1. The van der Waals surface area contributed by atoms with Crippen LogP contribution in [0, 0.1) is 5.92 Å². The molecule has 3 rings (SSSR count). The van der Waals surface area contributed by atoms with Crippen LogP contribution in [-0.4, -0.2) is 33.3 Å². The van der Waals surface area contributed by atoms with Crippen molar-refractivity contribution in [2.45, 2.75) is 30.4 Å². The summed E-state index contributed by atoms with van der Waals surface area (Å²) in [5.41, 5.74) is -1.42. The third kappa shape index (κ3) is 5.60. The van der Waals surface area contributed by atoms with Crippen LogP contribution in [0.2, 0.25) is 0 Å². The van der Waals surface area contributed by atoms with Gasteiger partial charge in [0.25, 0.3) is 0 Å². The molecule has 5 nitrogen and oxygen atoms in total. The number of halogens is 3. The molecule has 2 aromatic carbocycles. The summed E-state index contributed by atoms with van der Waals surface area (Å²) in [5, 5.41) is 11.5. The van der Waals surface area contributed by atoms with E-state index in [4.69, 9.17) is 4.74 Å². The van der Waals surface area contributed by atoms with E-state index >= 15 is 0 Å². The number of benzene rings is 2. The molecule has 2 N–H and O–H groups in total. The fourth-order valence-electron chi connectivity index (χ4n) is 3.66. The van der Waals surface area contributed by atoms with Crippen LogP contribution in [0.1, 0.15) is 29.5 Å². The molecule has 1 aliphatic rings. The van der Waals surface area contributed by atoms with E-state index < -0.39 is 33.1 Å². The van der Waals surface area contributed by atoms with E-state index in [9.17, 15) is 26.7 Å². The van der Waals surface area contributed by atoms with Gasteiger partial charge in [-0.2, -0.15) is 13.2 Å². The number of alkyl halides is 3. The summed E-state index contributed by atoms with van der Waals surface area (Å²) in [5.74, 6) is -0.675. The molecular formula is C21H24F3NO4S. The van der Waals surface area contributed by atoms with E-state index in [0.717, 1.165) is 24.3 Å². The lowest BCUT2D eigenvalue weighted by Crippen LogP contribution is -2.47. The largest absolute Gasteiger partial charge is 0.416 e. The smallest absolute Gasteiger partial charge is 0.383 e. The van der Waals surface area contributed by atoms with Crippen molar-refractivity contribution in [1.29, 1.82) is 0 Å². The van der Waals surface area contributed by atoms with Gasteiger partial charge in [-0.05, 0) is 42.0 Å². The second-order valence-corrected chi connectivity index (χ2v) is 9.26. The summed E-state index contributed by atoms with van der Waals surface area (Å²) in [6.45, 7) is 0.737. The second-order valence-electron chi connectivity index (χ2n) is 7.45. The molecule has 0 bridgehead atoms. The van der Waals surface area contributed by atoms with Gasteiger partial charge in [-0.3, -0.25) is 0 Å². The van der Waals surface area contributed by atoms with Gasteiger partial charge in [0.15, 0.2) is 0 Å². The average Bonchev–Trinajstić information content (AvgIpc) is 2.73. The molecule has 0 saturated carbocycles. The lowest BCUT2D eigenvalue weighted by Gasteiger charge is -2.39. The zero-order valence-corrected chi connectivity index (χ0v) is 17.0. The first-order valence-corrected chi connectivity index (χ1v) is 11.2. The topological polar surface area (TPSA) is 75.6 Å². The molecule has 1 saturated heterocycles. The Balaban J connectivity index is 1.74. The summed E-state index contributed by atoms with van der Waals surface area (Å²) in [6.07, 6.45) is -3.30. The van der Waals surface area contributed by atoms with Gasteiger partial charge in [-0.25, -0.2) is 13.1 Å². The minimum Gasteiger partial charge on any atom is -0.383 e. The molecule has 1 aliphatic heterocycles. The standard InChI is InChI=1S/C21H24F3NO4S/c22-21(23,24)19-8-6-16(7-9-19)14-30(27,28)25-15-20(26,17-4-2-1-3-5-17)18-10-12-29-13-11-18/h1-9,18,25-26H,10-15H2. The van der Waals surface area contributed by atoms with Crippen molar-refractivity contribution in [3.8, 4) is 0 Å². The van der Waals surface area contributed by atoms with Crippen LogP contribution in [0.5, 0.6) is 0 Å². The minimum absolute atomic E-state index is 0.192. The Morgan fingerprint density at radius 3 is 2.13 bits per heavy atom.